The Balaban J connectivity index is 1.69. The summed E-state index contributed by atoms with van der Waals surface area (Å²) < 4.78 is 5.45. The molecule has 0 bridgehead atoms. The molecule has 0 aliphatic carbocycles. The molecule has 1 heterocycles. The number of hydrogen-bond donors (Lipinski definition) is 2. The van der Waals surface area contributed by atoms with Crippen LogP contribution >= 0.6 is 0 Å². The maximum Gasteiger partial charge on any atom is 0.105 e. The summed E-state index contributed by atoms with van der Waals surface area (Å²) in [4.78, 5) is 0. The molecule has 3 nitrogen and oxygen atoms in total. The number of nitrogens with one attached hydrogen (secondary N) is 1. The Labute approximate surface area is 119 Å². The van der Waals surface area contributed by atoms with Crippen molar-refractivity contribution in [3.63, 3.8) is 0 Å². The number of fused-ring (bicyclic) bond motifs is 1. The van der Waals surface area contributed by atoms with Crippen LogP contribution in [0.15, 0.2) is 42.5 Å². The molecule has 0 aromatic heterocycles. The molecule has 1 aliphatic rings. The van der Waals surface area contributed by atoms with Crippen molar-refractivity contribution < 1.29 is 9.84 Å². The fourth-order valence-electron chi connectivity index (χ4n) is 2.86. The quantitative estimate of drug-likeness (QED) is 0.897. The van der Waals surface area contributed by atoms with E-state index in [0.29, 0.717) is 19.6 Å². The molecule has 1 fully saturated rings. The molecule has 1 aliphatic heterocycles. The summed E-state index contributed by atoms with van der Waals surface area (Å²) >= 11 is 0. The highest BCUT2D eigenvalue weighted by atomic mass is 16.5. The summed E-state index contributed by atoms with van der Waals surface area (Å²) in [6, 6.07) is 14.7. The fraction of sp³-hybridized carbons (Fsp3) is 0.412. The first kappa shape index (κ1) is 13.6. The Kier molecular flexibility index (Phi) is 3.74. The van der Waals surface area contributed by atoms with Gasteiger partial charge in [0, 0.05) is 26.1 Å². The normalized spacial score (nSPS) is 26.2. The largest absolute Gasteiger partial charge is 0.386 e. The third kappa shape index (κ3) is 2.57. The van der Waals surface area contributed by atoms with E-state index in [4.69, 9.17) is 4.74 Å². The number of benzene rings is 2. The number of ether oxygens (including phenoxy) is 1. The van der Waals surface area contributed by atoms with E-state index in [1.807, 2.05) is 6.92 Å². The molecule has 20 heavy (non-hydrogen) atoms. The SMILES string of the molecule is CC1OCCC1(O)CNCc1cccc2ccccc12. The highest BCUT2D eigenvalue weighted by molar-refractivity contribution is 5.85. The van der Waals surface area contributed by atoms with Gasteiger partial charge in [-0.05, 0) is 23.3 Å². The lowest BCUT2D eigenvalue weighted by atomic mass is 9.96. The molecular weight excluding hydrogens is 250 g/mol. The average Bonchev–Trinajstić information content (AvgIpc) is 2.79. The highest BCUT2D eigenvalue weighted by Crippen LogP contribution is 2.25. The first-order valence-corrected chi connectivity index (χ1v) is 7.20. The molecule has 2 aromatic rings. The third-order valence-electron chi connectivity index (χ3n) is 4.29. The van der Waals surface area contributed by atoms with E-state index in [1.54, 1.807) is 0 Å². The van der Waals surface area contributed by atoms with Gasteiger partial charge in [0.05, 0.1) is 6.10 Å². The van der Waals surface area contributed by atoms with Crippen molar-refractivity contribution in [2.24, 2.45) is 0 Å². The zero-order valence-corrected chi connectivity index (χ0v) is 11.8. The van der Waals surface area contributed by atoms with E-state index < -0.39 is 5.60 Å². The van der Waals surface area contributed by atoms with Gasteiger partial charge in [-0.1, -0.05) is 42.5 Å². The summed E-state index contributed by atoms with van der Waals surface area (Å²) in [6.45, 7) is 3.91. The van der Waals surface area contributed by atoms with Crippen molar-refractivity contribution in [3.8, 4) is 0 Å². The molecule has 0 amide bonds. The van der Waals surface area contributed by atoms with Gasteiger partial charge in [-0.2, -0.15) is 0 Å². The molecule has 2 aromatic carbocycles. The van der Waals surface area contributed by atoms with Gasteiger partial charge in [0.1, 0.15) is 5.60 Å². The standard InChI is InChI=1S/C17H21NO2/c1-13-17(19,9-10-20-13)12-18-11-15-7-4-6-14-5-2-3-8-16(14)15/h2-8,13,18-19H,9-12H2,1H3. The lowest BCUT2D eigenvalue weighted by molar-refractivity contribution is -0.0262. The van der Waals surface area contributed by atoms with E-state index in [0.717, 1.165) is 6.54 Å². The minimum Gasteiger partial charge on any atom is -0.386 e. The zero-order chi connectivity index (χ0) is 14.0. The van der Waals surface area contributed by atoms with Crippen LogP contribution in [0.3, 0.4) is 0 Å². The molecule has 3 rings (SSSR count). The van der Waals surface area contributed by atoms with Crippen molar-refractivity contribution in [3.05, 3.63) is 48.0 Å². The Hall–Kier alpha value is -1.42. The second-order valence-electron chi connectivity index (χ2n) is 5.61. The first-order chi connectivity index (χ1) is 9.69. The van der Waals surface area contributed by atoms with Gasteiger partial charge in [-0.15, -0.1) is 0 Å². The predicted octanol–water partition coefficient (Wildman–Crippen LogP) is 2.47. The lowest BCUT2D eigenvalue weighted by Crippen LogP contribution is -2.45. The van der Waals surface area contributed by atoms with E-state index >= 15 is 0 Å². The van der Waals surface area contributed by atoms with Crippen LogP contribution in [0.4, 0.5) is 0 Å². The van der Waals surface area contributed by atoms with Crippen molar-refractivity contribution >= 4 is 10.8 Å². The fourth-order valence-corrected chi connectivity index (χ4v) is 2.86. The minimum absolute atomic E-state index is 0.0949. The van der Waals surface area contributed by atoms with Crippen LogP contribution in [0.2, 0.25) is 0 Å². The second kappa shape index (κ2) is 5.52. The van der Waals surface area contributed by atoms with Crippen molar-refractivity contribution in [2.75, 3.05) is 13.2 Å². The first-order valence-electron chi connectivity index (χ1n) is 7.20. The molecule has 106 valence electrons. The summed E-state index contributed by atoms with van der Waals surface area (Å²) in [7, 11) is 0. The molecular formula is C17H21NO2. The Morgan fingerprint density at radius 3 is 2.85 bits per heavy atom. The molecule has 1 saturated heterocycles. The van der Waals surface area contributed by atoms with E-state index in [2.05, 4.69) is 47.8 Å². The van der Waals surface area contributed by atoms with Gasteiger partial charge in [0.25, 0.3) is 0 Å². The van der Waals surface area contributed by atoms with Crippen molar-refractivity contribution in [2.45, 2.75) is 31.6 Å². The Morgan fingerprint density at radius 1 is 1.25 bits per heavy atom. The highest BCUT2D eigenvalue weighted by Gasteiger charge is 2.38. The van der Waals surface area contributed by atoms with E-state index in [-0.39, 0.29) is 6.10 Å². The van der Waals surface area contributed by atoms with Gasteiger partial charge in [0.15, 0.2) is 0 Å². The molecule has 0 radical (unpaired) electrons. The Morgan fingerprint density at radius 2 is 2.05 bits per heavy atom. The summed E-state index contributed by atoms with van der Waals surface area (Å²) in [6.07, 6.45) is 0.610. The van der Waals surface area contributed by atoms with Crippen molar-refractivity contribution in [1.29, 1.82) is 0 Å². The van der Waals surface area contributed by atoms with Gasteiger partial charge in [-0.3, -0.25) is 0 Å². The van der Waals surface area contributed by atoms with Crippen LogP contribution in [0.25, 0.3) is 10.8 Å². The topological polar surface area (TPSA) is 41.5 Å². The molecule has 0 saturated carbocycles. The zero-order valence-electron chi connectivity index (χ0n) is 11.8. The van der Waals surface area contributed by atoms with E-state index in [9.17, 15) is 5.11 Å². The lowest BCUT2D eigenvalue weighted by Gasteiger charge is -2.26. The predicted molar refractivity (Wildman–Crippen MR) is 80.6 cm³/mol. The summed E-state index contributed by atoms with van der Waals surface area (Å²) in [5, 5.41) is 16.4. The van der Waals surface area contributed by atoms with Crippen LogP contribution in [-0.2, 0) is 11.3 Å². The van der Waals surface area contributed by atoms with Crippen LogP contribution in [-0.4, -0.2) is 30.0 Å². The minimum atomic E-state index is -0.732. The summed E-state index contributed by atoms with van der Waals surface area (Å²) in [5.74, 6) is 0. The molecule has 0 spiro atoms. The van der Waals surface area contributed by atoms with Gasteiger partial charge >= 0.3 is 0 Å². The van der Waals surface area contributed by atoms with Crippen LogP contribution < -0.4 is 5.32 Å². The number of rotatable bonds is 4. The molecule has 3 heteroatoms. The van der Waals surface area contributed by atoms with Crippen LogP contribution in [0, 0.1) is 0 Å². The van der Waals surface area contributed by atoms with Crippen molar-refractivity contribution in [1.82, 2.24) is 5.32 Å². The summed E-state index contributed by atoms with van der Waals surface area (Å²) in [5.41, 5.74) is 0.531. The Bertz CT molecular complexity index is 593. The smallest absolute Gasteiger partial charge is 0.105 e. The maximum absolute atomic E-state index is 10.5. The van der Waals surface area contributed by atoms with E-state index in [1.165, 1.54) is 16.3 Å². The van der Waals surface area contributed by atoms with Gasteiger partial charge in [-0.25, -0.2) is 0 Å². The molecule has 2 N–H and O–H groups in total. The number of aliphatic hydroxyl groups is 1. The monoisotopic (exact) mass is 271 g/mol. The van der Waals surface area contributed by atoms with Crippen LogP contribution in [0.1, 0.15) is 18.9 Å². The number of hydrogen-bond acceptors (Lipinski definition) is 3. The molecule has 2 unspecified atom stereocenters. The van der Waals surface area contributed by atoms with Gasteiger partial charge in [0.2, 0.25) is 0 Å². The van der Waals surface area contributed by atoms with Crippen LogP contribution in [0.5, 0.6) is 0 Å². The second-order valence-corrected chi connectivity index (χ2v) is 5.61. The third-order valence-corrected chi connectivity index (χ3v) is 4.29. The van der Waals surface area contributed by atoms with Gasteiger partial charge < -0.3 is 15.2 Å². The molecule has 2 atom stereocenters. The maximum atomic E-state index is 10.5. The average molecular weight is 271 g/mol.